The molecule has 0 aliphatic rings. The summed E-state index contributed by atoms with van der Waals surface area (Å²) in [5.41, 5.74) is 1.06. The number of hydrogen-bond acceptors (Lipinski definition) is 11. The van der Waals surface area contributed by atoms with Gasteiger partial charge in [0.05, 0.1) is 24.2 Å². The number of nitrogens with zero attached hydrogens (tertiary/aromatic N) is 4. The van der Waals surface area contributed by atoms with Gasteiger partial charge in [-0.05, 0) is 59.7 Å². The Morgan fingerprint density at radius 2 is 0.981 bits per heavy atom. The van der Waals surface area contributed by atoms with Gasteiger partial charge in [0.15, 0.2) is 0 Å². The van der Waals surface area contributed by atoms with Gasteiger partial charge in [-0.1, -0.05) is 54.6 Å². The van der Waals surface area contributed by atoms with Crippen LogP contribution in [-0.4, -0.2) is 63.0 Å². The van der Waals surface area contributed by atoms with E-state index in [2.05, 4.69) is 49.9 Å². The molecule has 2 aromatic heterocycles. The molecule has 19 nitrogen and oxygen atoms in total. The second kappa shape index (κ2) is 15.3. The molecule has 0 saturated carbocycles. The maximum absolute atomic E-state index is 12.5. The van der Waals surface area contributed by atoms with Crippen molar-refractivity contribution in [2.24, 2.45) is 20.0 Å². The molecule has 0 bridgehead atoms. The number of aromatic nitrogens is 6. The molecule has 0 atom stereocenters. The first-order valence-corrected chi connectivity index (χ1v) is 18.3. The zero-order valence-corrected chi connectivity index (χ0v) is 29.5. The lowest BCUT2D eigenvalue weighted by atomic mass is 10.1. The summed E-state index contributed by atoms with van der Waals surface area (Å²) >= 11 is 0. The number of ether oxygens (including phenoxy) is 1. The van der Waals surface area contributed by atoms with Crippen molar-refractivity contribution in [3.8, 4) is 5.75 Å². The van der Waals surface area contributed by atoms with Crippen LogP contribution in [0.5, 0.6) is 5.75 Å². The van der Waals surface area contributed by atoms with E-state index >= 15 is 0 Å². The Morgan fingerprint density at radius 3 is 1.44 bits per heavy atom. The van der Waals surface area contributed by atoms with Crippen molar-refractivity contribution in [3.05, 3.63) is 136 Å². The van der Waals surface area contributed by atoms with Crippen molar-refractivity contribution < 1.29 is 30.7 Å². The second-order valence-corrected chi connectivity index (χ2v) is 13.9. The van der Waals surface area contributed by atoms with Crippen LogP contribution < -0.4 is 38.4 Å². The van der Waals surface area contributed by atoms with Gasteiger partial charge in [0.2, 0.25) is 33.7 Å². The first-order valence-electron chi connectivity index (χ1n) is 15.5. The number of rotatable bonds is 9. The summed E-state index contributed by atoms with van der Waals surface area (Å²) < 4.78 is 75.3. The lowest BCUT2D eigenvalue weighted by Crippen LogP contribution is -2.36. The third-order valence-electron chi connectivity index (χ3n) is 7.24. The van der Waals surface area contributed by atoms with E-state index in [1.807, 2.05) is 6.07 Å². The summed E-state index contributed by atoms with van der Waals surface area (Å²) in [7, 11) is -8.20. The number of H-pyrrole nitrogens is 6. The van der Waals surface area contributed by atoms with Crippen LogP contribution in [0, 0.1) is 10.8 Å². The van der Waals surface area contributed by atoms with E-state index in [0.29, 0.717) is 17.1 Å². The standard InChI is InChI=1S/C33H30N12O7S2/c1-52-25-10-6-5-9-24(25)39-33-43-29(35)42-32(45-33)38-23-16-14-20(27(18-23)54(49,50)51)12-11-19-13-15-22(17-26(19)53(46,47)48)37-31-41-28(34)40-30(44-31)36-21-7-3-2-4-8-21/h2-18H,1H3,(H,46,47,48)(H,49,50,51)(H4,34,36,37,40,41,44)(H4,35,38,39,42,43,45)/b12-11+. The third-order valence-corrected chi connectivity index (χ3v) is 9.05. The zero-order valence-electron chi connectivity index (χ0n) is 27.9. The van der Waals surface area contributed by atoms with Crippen LogP contribution in [0.1, 0.15) is 11.1 Å². The highest BCUT2D eigenvalue weighted by Crippen LogP contribution is 2.28. The number of methoxy groups -OCH3 is 1. The maximum Gasteiger partial charge on any atom is 0.295 e. The maximum atomic E-state index is 12.5. The molecular weight excluding hydrogens is 741 g/mol. The minimum Gasteiger partial charge on any atom is -0.494 e. The number of para-hydroxylation sites is 3. The molecule has 21 heteroatoms. The van der Waals surface area contributed by atoms with Gasteiger partial charge in [-0.15, -0.1) is 0 Å². The number of aromatic amines is 6. The molecule has 0 saturated heterocycles. The molecule has 4 aromatic carbocycles. The molecule has 276 valence electrons. The predicted octanol–water partition coefficient (Wildman–Crippen LogP) is 2.22. The Hall–Kier alpha value is -6.94. The first-order chi connectivity index (χ1) is 25.7. The molecule has 0 aliphatic heterocycles. The van der Waals surface area contributed by atoms with Crippen molar-refractivity contribution in [2.75, 3.05) is 7.11 Å². The quantitative estimate of drug-likeness (QED) is 0.0771. The van der Waals surface area contributed by atoms with Gasteiger partial charge >= 0.3 is 0 Å². The lowest BCUT2D eigenvalue weighted by Gasteiger charge is -2.07. The van der Waals surface area contributed by atoms with Crippen molar-refractivity contribution in [2.45, 2.75) is 9.79 Å². The fourth-order valence-corrected chi connectivity index (χ4v) is 6.34. The SMILES string of the molecule is COc1ccccc1N=c1[nH]c(=N)[nH]c(=Nc2ccc(/C=C/c3ccc(N=c4[nH]c(=N)[nH]c(=Nc5ccccc5)[nH]4)cc3S(=O)(=O)O)c(S(=O)(=O)O)c2)[nH]1. The molecule has 6 aromatic rings. The molecule has 0 spiro atoms. The Balaban J connectivity index is 1.36. The first kappa shape index (κ1) is 36.8. The van der Waals surface area contributed by atoms with Crippen LogP contribution in [0.3, 0.4) is 0 Å². The van der Waals surface area contributed by atoms with Crippen LogP contribution in [-0.2, 0) is 20.2 Å². The molecule has 0 unspecified atom stereocenters. The largest absolute Gasteiger partial charge is 0.494 e. The van der Waals surface area contributed by atoms with Gasteiger partial charge in [-0.2, -0.15) is 16.8 Å². The highest BCUT2D eigenvalue weighted by atomic mass is 32.2. The fraction of sp³-hybridized carbons (Fsp3) is 0.0303. The Morgan fingerprint density at radius 1 is 0.556 bits per heavy atom. The average molecular weight is 771 g/mol. The Labute approximate surface area is 304 Å². The molecule has 6 rings (SSSR count). The van der Waals surface area contributed by atoms with E-state index in [-0.39, 0.29) is 56.2 Å². The van der Waals surface area contributed by atoms with Crippen molar-refractivity contribution in [3.63, 3.8) is 0 Å². The highest BCUT2D eigenvalue weighted by molar-refractivity contribution is 7.86. The van der Waals surface area contributed by atoms with E-state index in [1.54, 1.807) is 48.5 Å². The second-order valence-electron chi connectivity index (χ2n) is 11.1. The summed E-state index contributed by atoms with van der Waals surface area (Å²) in [6, 6.07) is 23.5. The van der Waals surface area contributed by atoms with E-state index in [1.165, 1.54) is 43.5 Å². The minimum absolute atomic E-state index is 0.00451. The monoisotopic (exact) mass is 770 g/mol. The smallest absolute Gasteiger partial charge is 0.295 e. The van der Waals surface area contributed by atoms with Crippen molar-refractivity contribution in [1.82, 2.24) is 29.9 Å². The van der Waals surface area contributed by atoms with E-state index < -0.39 is 30.0 Å². The number of benzene rings is 4. The minimum atomic E-state index is -4.85. The van der Waals surface area contributed by atoms with Crippen molar-refractivity contribution >= 4 is 55.1 Å². The number of hydrogen-bond donors (Lipinski definition) is 10. The average Bonchev–Trinajstić information content (AvgIpc) is 3.11. The normalized spacial score (nSPS) is 13.5. The summed E-state index contributed by atoms with van der Waals surface area (Å²) in [5.74, 6) is 0.477. The van der Waals surface area contributed by atoms with Gasteiger partial charge < -0.3 is 4.74 Å². The zero-order chi connectivity index (χ0) is 38.5. The molecule has 0 fully saturated rings. The molecule has 0 aliphatic carbocycles. The van der Waals surface area contributed by atoms with Crippen LogP contribution in [0.15, 0.2) is 121 Å². The molecule has 0 radical (unpaired) electrons. The topological polar surface area (TPSA) is 310 Å². The van der Waals surface area contributed by atoms with Crippen LogP contribution in [0.2, 0.25) is 0 Å². The van der Waals surface area contributed by atoms with Gasteiger partial charge in [0.25, 0.3) is 20.2 Å². The number of nitrogens with one attached hydrogen (secondary N) is 8. The predicted molar refractivity (Wildman–Crippen MR) is 192 cm³/mol. The molecule has 0 amide bonds. The Kier molecular flexibility index (Phi) is 10.5. The molecule has 54 heavy (non-hydrogen) atoms. The summed E-state index contributed by atoms with van der Waals surface area (Å²) in [5, 5.41) is 16.1. The van der Waals surface area contributed by atoms with Crippen LogP contribution in [0.4, 0.5) is 22.7 Å². The van der Waals surface area contributed by atoms with Gasteiger partial charge in [-0.25, -0.2) is 20.0 Å². The molecule has 2 heterocycles. The van der Waals surface area contributed by atoms with Gasteiger partial charge in [-0.3, -0.25) is 49.8 Å². The lowest BCUT2D eigenvalue weighted by molar-refractivity contribution is 0.416. The molecule has 10 N–H and O–H groups in total. The van der Waals surface area contributed by atoms with Crippen LogP contribution in [0.25, 0.3) is 12.2 Å². The summed E-state index contributed by atoms with van der Waals surface area (Å²) in [6.45, 7) is 0. The fourth-order valence-electron chi connectivity index (χ4n) is 4.93. The van der Waals surface area contributed by atoms with E-state index in [9.17, 15) is 25.9 Å². The van der Waals surface area contributed by atoms with Gasteiger partial charge in [0, 0.05) is 0 Å². The summed E-state index contributed by atoms with van der Waals surface area (Å²) in [6.07, 6.45) is 2.46. The van der Waals surface area contributed by atoms with Crippen LogP contribution >= 0.6 is 0 Å². The van der Waals surface area contributed by atoms with Crippen molar-refractivity contribution in [1.29, 1.82) is 10.8 Å². The highest BCUT2D eigenvalue weighted by Gasteiger charge is 2.17. The third kappa shape index (κ3) is 9.29. The molecular formula is C33H30N12O7S2. The Bertz CT molecular complexity index is 3050. The van der Waals surface area contributed by atoms with Gasteiger partial charge in [0.1, 0.15) is 21.2 Å². The summed E-state index contributed by atoms with van der Waals surface area (Å²) in [4.78, 5) is 32.7. The van der Waals surface area contributed by atoms with E-state index in [0.717, 1.165) is 12.1 Å². The van der Waals surface area contributed by atoms with E-state index in [4.69, 9.17) is 15.6 Å².